The minimum atomic E-state index is -0.492. The molecule has 1 heterocycles. The van der Waals surface area contributed by atoms with Crippen LogP contribution in [0.2, 0.25) is 0 Å². The van der Waals surface area contributed by atoms with Crippen LogP contribution >= 0.6 is 15.9 Å². The number of carbonyl (C=O) groups excluding carboxylic acids is 1. The Hall–Kier alpha value is -1.36. The Morgan fingerprint density at radius 2 is 2.05 bits per heavy atom. The number of rotatable bonds is 1. The van der Waals surface area contributed by atoms with Crippen LogP contribution in [0, 0.1) is 5.82 Å². The fourth-order valence-electron chi connectivity index (χ4n) is 1.83. The van der Waals surface area contributed by atoms with Gasteiger partial charge in [-0.25, -0.2) is 9.18 Å². The molecule has 108 valence electrons. The van der Waals surface area contributed by atoms with Gasteiger partial charge >= 0.3 is 6.09 Å². The average Bonchev–Trinajstić information content (AvgIpc) is 2.22. The fourth-order valence-corrected chi connectivity index (χ4v) is 2.16. The lowest BCUT2D eigenvalue weighted by Crippen LogP contribution is -2.46. The van der Waals surface area contributed by atoms with Crippen molar-refractivity contribution in [1.29, 1.82) is 0 Å². The van der Waals surface area contributed by atoms with Gasteiger partial charge in [0.2, 0.25) is 0 Å². The molecule has 3 nitrogen and oxygen atoms in total. The Morgan fingerprint density at radius 3 is 2.60 bits per heavy atom. The third-order valence-corrected chi connectivity index (χ3v) is 3.25. The molecule has 2 rings (SSSR count). The molecule has 0 bridgehead atoms. The van der Waals surface area contributed by atoms with Gasteiger partial charge in [-0.3, -0.25) is 0 Å². The molecule has 1 amide bonds. The van der Waals surface area contributed by atoms with E-state index in [1.807, 2.05) is 20.8 Å². The van der Waals surface area contributed by atoms with Crippen LogP contribution in [0.25, 0.3) is 6.08 Å². The van der Waals surface area contributed by atoms with Crippen molar-refractivity contribution in [2.45, 2.75) is 26.4 Å². The number of hydrogen-bond acceptors (Lipinski definition) is 2. The summed E-state index contributed by atoms with van der Waals surface area (Å²) >= 11 is 3.22. The largest absolute Gasteiger partial charge is 0.444 e. The van der Waals surface area contributed by atoms with E-state index < -0.39 is 5.60 Å². The van der Waals surface area contributed by atoms with Crippen molar-refractivity contribution in [3.8, 4) is 0 Å². The lowest BCUT2D eigenvalue weighted by atomic mass is 10.0. The van der Waals surface area contributed by atoms with Crippen molar-refractivity contribution in [2.75, 3.05) is 13.1 Å². The number of hydrogen-bond donors (Lipinski definition) is 0. The quantitative estimate of drug-likeness (QED) is 0.765. The molecular formula is C15H17BrFNO2. The van der Waals surface area contributed by atoms with E-state index in [4.69, 9.17) is 4.74 Å². The Bertz CT molecular complexity index is 555. The number of nitrogens with zero attached hydrogens (tertiary/aromatic N) is 1. The van der Waals surface area contributed by atoms with E-state index in [2.05, 4.69) is 15.9 Å². The van der Waals surface area contributed by atoms with E-state index in [0.717, 1.165) is 5.57 Å². The molecule has 5 heteroatoms. The molecule has 0 atom stereocenters. The summed E-state index contributed by atoms with van der Waals surface area (Å²) in [5.41, 5.74) is 1.05. The third kappa shape index (κ3) is 3.82. The van der Waals surface area contributed by atoms with Crippen molar-refractivity contribution in [2.24, 2.45) is 0 Å². The minimum absolute atomic E-state index is 0.275. The molecule has 1 aliphatic heterocycles. The molecule has 1 aromatic carbocycles. The standard InChI is InChI=1S/C15H17BrFNO2/c1-15(2,3)20-14(19)18-8-10(9-18)6-11-4-5-12(16)7-13(11)17/h4-7H,8-9H2,1-3H3. The first-order chi connectivity index (χ1) is 9.24. The summed E-state index contributed by atoms with van der Waals surface area (Å²) in [4.78, 5) is 13.3. The van der Waals surface area contributed by atoms with Crippen LogP contribution < -0.4 is 0 Å². The van der Waals surface area contributed by atoms with Crippen molar-refractivity contribution < 1.29 is 13.9 Å². The van der Waals surface area contributed by atoms with Crippen LogP contribution in [0.4, 0.5) is 9.18 Å². The maximum absolute atomic E-state index is 13.7. The van der Waals surface area contributed by atoms with Gasteiger partial charge in [-0.2, -0.15) is 0 Å². The van der Waals surface area contributed by atoms with Gasteiger partial charge in [0.25, 0.3) is 0 Å². The summed E-state index contributed by atoms with van der Waals surface area (Å²) in [5.74, 6) is -0.275. The predicted molar refractivity (Wildman–Crippen MR) is 79.9 cm³/mol. The topological polar surface area (TPSA) is 29.5 Å². The van der Waals surface area contributed by atoms with Gasteiger partial charge in [0.15, 0.2) is 0 Å². The van der Waals surface area contributed by atoms with Gasteiger partial charge in [0, 0.05) is 23.1 Å². The molecule has 0 spiro atoms. The van der Waals surface area contributed by atoms with E-state index in [1.165, 1.54) is 6.07 Å². The van der Waals surface area contributed by atoms with Crippen LogP contribution in [0.3, 0.4) is 0 Å². The number of ether oxygens (including phenoxy) is 1. The molecule has 0 unspecified atom stereocenters. The Kier molecular flexibility index (Phi) is 4.18. The summed E-state index contributed by atoms with van der Waals surface area (Å²) in [6.07, 6.45) is 1.45. The molecule has 0 aliphatic carbocycles. The molecule has 1 saturated heterocycles. The molecule has 0 aromatic heterocycles. The maximum atomic E-state index is 13.7. The lowest BCUT2D eigenvalue weighted by molar-refractivity contribution is 0.0216. The first-order valence-corrected chi connectivity index (χ1v) is 7.16. The molecule has 20 heavy (non-hydrogen) atoms. The molecule has 0 radical (unpaired) electrons. The number of likely N-dealkylation sites (tertiary alicyclic amines) is 1. The fraction of sp³-hybridized carbons (Fsp3) is 0.400. The van der Waals surface area contributed by atoms with E-state index >= 15 is 0 Å². The van der Waals surface area contributed by atoms with Gasteiger partial charge in [-0.1, -0.05) is 22.0 Å². The third-order valence-electron chi connectivity index (χ3n) is 2.76. The monoisotopic (exact) mass is 341 g/mol. The second kappa shape index (κ2) is 5.56. The summed E-state index contributed by atoms with van der Waals surface area (Å²) in [5, 5.41) is 0. The van der Waals surface area contributed by atoms with Crippen LogP contribution in [0.1, 0.15) is 26.3 Å². The lowest BCUT2D eigenvalue weighted by Gasteiger charge is -2.35. The molecular weight excluding hydrogens is 325 g/mol. The molecule has 0 saturated carbocycles. The summed E-state index contributed by atoms with van der Waals surface area (Å²) < 4.78 is 19.6. The van der Waals surface area contributed by atoms with Gasteiger partial charge < -0.3 is 9.64 Å². The van der Waals surface area contributed by atoms with Gasteiger partial charge in [0.05, 0.1) is 0 Å². The zero-order chi connectivity index (χ0) is 14.9. The van der Waals surface area contributed by atoms with Gasteiger partial charge in [-0.05, 0) is 44.6 Å². The van der Waals surface area contributed by atoms with Crippen molar-refractivity contribution >= 4 is 28.1 Å². The maximum Gasteiger partial charge on any atom is 0.410 e. The summed E-state index contributed by atoms with van der Waals surface area (Å²) in [6.45, 7) is 6.48. The summed E-state index contributed by atoms with van der Waals surface area (Å²) in [7, 11) is 0. The Balaban J connectivity index is 1.96. The highest BCUT2D eigenvalue weighted by atomic mass is 79.9. The highest BCUT2D eigenvalue weighted by molar-refractivity contribution is 9.10. The summed E-state index contributed by atoms with van der Waals surface area (Å²) in [6, 6.07) is 4.93. The zero-order valence-corrected chi connectivity index (χ0v) is 13.3. The second-order valence-corrected chi connectivity index (χ2v) is 6.72. The number of amides is 1. The Morgan fingerprint density at radius 1 is 1.40 bits per heavy atom. The molecule has 0 N–H and O–H groups in total. The number of halogens is 2. The first-order valence-electron chi connectivity index (χ1n) is 6.37. The van der Waals surface area contributed by atoms with Gasteiger partial charge in [0.1, 0.15) is 11.4 Å². The van der Waals surface area contributed by atoms with E-state index in [-0.39, 0.29) is 11.9 Å². The molecule has 1 fully saturated rings. The first kappa shape index (κ1) is 15.0. The van der Waals surface area contributed by atoms with E-state index in [0.29, 0.717) is 23.1 Å². The predicted octanol–water partition coefficient (Wildman–Crippen LogP) is 4.22. The van der Waals surface area contributed by atoms with Crippen LogP contribution in [0.15, 0.2) is 28.2 Å². The zero-order valence-electron chi connectivity index (χ0n) is 11.7. The minimum Gasteiger partial charge on any atom is -0.444 e. The van der Waals surface area contributed by atoms with Crippen molar-refractivity contribution in [1.82, 2.24) is 4.90 Å². The highest BCUT2D eigenvalue weighted by Crippen LogP contribution is 2.23. The number of carbonyl (C=O) groups is 1. The van der Waals surface area contributed by atoms with Gasteiger partial charge in [-0.15, -0.1) is 0 Å². The molecule has 1 aromatic rings. The SMILES string of the molecule is CC(C)(C)OC(=O)N1CC(=Cc2ccc(Br)cc2F)C1. The van der Waals surface area contributed by atoms with Crippen molar-refractivity contribution in [3.05, 3.63) is 39.6 Å². The van der Waals surface area contributed by atoms with E-state index in [9.17, 15) is 9.18 Å². The van der Waals surface area contributed by atoms with E-state index in [1.54, 1.807) is 23.1 Å². The van der Waals surface area contributed by atoms with Crippen molar-refractivity contribution in [3.63, 3.8) is 0 Å². The number of benzene rings is 1. The highest BCUT2D eigenvalue weighted by Gasteiger charge is 2.29. The normalized spacial score (nSPS) is 14.8. The second-order valence-electron chi connectivity index (χ2n) is 5.80. The average molecular weight is 342 g/mol. The van der Waals surface area contributed by atoms with Crippen LogP contribution in [0.5, 0.6) is 0 Å². The molecule has 1 aliphatic rings. The van der Waals surface area contributed by atoms with Crippen LogP contribution in [-0.2, 0) is 4.74 Å². The smallest absolute Gasteiger partial charge is 0.410 e. The Labute approximate surface area is 126 Å². The van der Waals surface area contributed by atoms with Crippen LogP contribution in [-0.4, -0.2) is 29.7 Å².